The first kappa shape index (κ1) is 27.2. The van der Waals surface area contributed by atoms with Gasteiger partial charge < -0.3 is 14.5 Å². The molecule has 8 heteroatoms. The molecule has 1 heterocycles. The normalized spacial score (nSPS) is 14.1. The molecule has 0 atom stereocenters. The molecule has 0 unspecified atom stereocenters. The van der Waals surface area contributed by atoms with Gasteiger partial charge in [-0.1, -0.05) is 18.2 Å². The van der Waals surface area contributed by atoms with Crippen molar-refractivity contribution in [3.05, 3.63) is 58.1 Å². The third kappa shape index (κ3) is 6.63. The van der Waals surface area contributed by atoms with E-state index in [2.05, 4.69) is 30.1 Å². The topological polar surface area (TPSA) is 70.2 Å². The van der Waals surface area contributed by atoms with Crippen LogP contribution in [0.25, 0.3) is 0 Å². The standard InChI is InChI=1S/C27H39N3O4S/c1-20-16-25(34-6)17-21(2)27(20)35(32,33)30(5)15-12-26(31)29(4)13-7-8-22-9-10-23-11-14-28(3)19-24(23)18-22/h9-10,16-18H,7-8,11-15,19H2,1-6H3. The van der Waals surface area contributed by atoms with Crippen LogP contribution >= 0.6 is 0 Å². The summed E-state index contributed by atoms with van der Waals surface area (Å²) in [4.78, 5) is 17.0. The summed E-state index contributed by atoms with van der Waals surface area (Å²) in [5.74, 6) is 0.573. The van der Waals surface area contributed by atoms with Crippen molar-refractivity contribution < 1.29 is 17.9 Å². The third-order valence-corrected chi connectivity index (χ3v) is 9.00. The number of fused-ring (bicyclic) bond motifs is 1. The molecule has 0 radical (unpaired) electrons. The molecular weight excluding hydrogens is 462 g/mol. The first-order valence-electron chi connectivity index (χ1n) is 12.2. The van der Waals surface area contributed by atoms with E-state index in [1.165, 1.54) is 28.0 Å². The average Bonchev–Trinajstić information content (AvgIpc) is 2.81. The van der Waals surface area contributed by atoms with Crippen LogP contribution in [-0.2, 0) is 34.2 Å². The van der Waals surface area contributed by atoms with Crippen molar-refractivity contribution in [2.24, 2.45) is 0 Å². The zero-order chi connectivity index (χ0) is 25.8. The Labute approximate surface area is 210 Å². The lowest BCUT2D eigenvalue weighted by Gasteiger charge is -2.25. The number of hydrogen-bond acceptors (Lipinski definition) is 5. The molecule has 0 aliphatic carbocycles. The highest BCUT2D eigenvalue weighted by atomic mass is 32.2. The summed E-state index contributed by atoms with van der Waals surface area (Å²) in [6, 6.07) is 10.2. The second kappa shape index (κ2) is 11.5. The summed E-state index contributed by atoms with van der Waals surface area (Å²) >= 11 is 0. The molecule has 0 saturated heterocycles. The smallest absolute Gasteiger partial charge is 0.243 e. The lowest BCUT2D eigenvalue weighted by atomic mass is 9.96. The Balaban J connectivity index is 1.50. The second-order valence-corrected chi connectivity index (χ2v) is 11.7. The quantitative estimate of drug-likeness (QED) is 0.499. The minimum absolute atomic E-state index is 0.0534. The van der Waals surface area contributed by atoms with E-state index in [9.17, 15) is 13.2 Å². The van der Waals surface area contributed by atoms with E-state index in [1.54, 1.807) is 45.0 Å². The van der Waals surface area contributed by atoms with Crippen LogP contribution in [0.3, 0.4) is 0 Å². The summed E-state index contributed by atoms with van der Waals surface area (Å²) in [6.45, 7) is 6.40. The highest BCUT2D eigenvalue weighted by molar-refractivity contribution is 7.89. The predicted molar refractivity (Wildman–Crippen MR) is 139 cm³/mol. The van der Waals surface area contributed by atoms with Gasteiger partial charge in [0.2, 0.25) is 15.9 Å². The molecule has 3 rings (SSSR count). The minimum Gasteiger partial charge on any atom is -0.497 e. The Bertz CT molecular complexity index is 1140. The van der Waals surface area contributed by atoms with Crippen molar-refractivity contribution >= 4 is 15.9 Å². The van der Waals surface area contributed by atoms with E-state index < -0.39 is 10.0 Å². The van der Waals surface area contributed by atoms with E-state index in [0.29, 0.717) is 23.4 Å². The van der Waals surface area contributed by atoms with Crippen molar-refractivity contribution in [1.29, 1.82) is 0 Å². The molecule has 0 spiro atoms. The van der Waals surface area contributed by atoms with Gasteiger partial charge in [0.1, 0.15) is 5.75 Å². The van der Waals surface area contributed by atoms with Crippen LogP contribution in [0.4, 0.5) is 0 Å². The van der Waals surface area contributed by atoms with Crippen LogP contribution in [0, 0.1) is 13.8 Å². The summed E-state index contributed by atoms with van der Waals surface area (Å²) in [5.41, 5.74) is 5.42. The van der Waals surface area contributed by atoms with E-state index in [4.69, 9.17) is 4.74 Å². The Hall–Kier alpha value is -2.42. The Morgan fingerprint density at radius 3 is 2.40 bits per heavy atom. The number of hydrogen-bond donors (Lipinski definition) is 0. The molecule has 1 amide bonds. The molecule has 2 aromatic rings. The molecule has 2 aromatic carbocycles. The maximum atomic E-state index is 13.2. The number of rotatable bonds is 10. The second-order valence-electron chi connectivity index (χ2n) is 9.68. The van der Waals surface area contributed by atoms with Gasteiger partial charge in [-0.3, -0.25) is 4.79 Å². The lowest BCUT2D eigenvalue weighted by Crippen LogP contribution is -2.34. The van der Waals surface area contributed by atoms with Crippen LogP contribution in [0.2, 0.25) is 0 Å². The molecule has 0 fully saturated rings. The summed E-state index contributed by atoms with van der Waals surface area (Å²) in [5, 5.41) is 0. The molecular formula is C27H39N3O4S. The maximum absolute atomic E-state index is 13.2. The van der Waals surface area contributed by atoms with E-state index in [0.717, 1.165) is 32.4 Å². The number of methoxy groups -OCH3 is 1. The molecule has 35 heavy (non-hydrogen) atoms. The van der Waals surface area contributed by atoms with Crippen molar-refractivity contribution in [2.45, 2.75) is 51.0 Å². The van der Waals surface area contributed by atoms with E-state index in [-0.39, 0.29) is 23.8 Å². The SMILES string of the molecule is COc1cc(C)c(S(=O)(=O)N(C)CCC(=O)N(C)CCCc2ccc3c(c2)CN(C)CC3)c(C)c1. The monoisotopic (exact) mass is 501 g/mol. The zero-order valence-corrected chi connectivity index (χ0v) is 22.7. The Kier molecular flexibility index (Phi) is 8.96. The fourth-order valence-electron chi connectivity index (χ4n) is 4.71. The predicted octanol–water partition coefficient (Wildman–Crippen LogP) is 3.40. The molecule has 192 valence electrons. The summed E-state index contributed by atoms with van der Waals surface area (Å²) < 4.78 is 32.8. The number of sulfonamides is 1. The highest BCUT2D eigenvalue weighted by Gasteiger charge is 2.26. The van der Waals surface area contributed by atoms with Crippen LogP contribution in [0.5, 0.6) is 5.75 Å². The number of amides is 1. The first-order valence-corrected chi connectivity index (χ1v) is 13.6. The van der Waals surface area contributed by atoms with Gasteiger partial charge >= 0.3 is 0 Å². The Morgan fingerprint density at radius 1 is 1.06 bits per heavy atom. The molecule has 0 N–H and O–H groups in total. The van der Waals surface area contributed by atoms with E-state index >= 15 is 0 Å². The number of carbonyl (C=O) groups excluding carboxylic acids is 1. The molecule has 7 nitrogen and oxygen atoms in total. The van der Waals surface area contributed by atoms with Crippen LogP contribution in [0.15, 0.2) is 35.2 Å². The molecule has 0 aromatic heterocycles. The van der Waals surface area contributed by atoms with Gasteiger partial charge in [0.15, 0.2) is 0 Å². The van der Waals surface area contributed by atoms with E-state index in [1.807, 2.05) is 0 Å². The van der Waals surface area contributed by atoms with Gasteiger partial charge in [-0.25, -0.2) is 12.7 Å². The van der Waals surface area contributed by atoms with Crippen molar-refractivity contribution in [3.63, 3.8) is 0 Å². The number of carbonyl (C=O) groups is 1. The first-order chi connectivity index (χ1) is 16.5. The third-order valence-electron chi connectivity index (χ3n) is 6.84. The van der Waals surface area contributed by atoms with Crippen LogP contribution in [0.1, 0.15) is 40.7 Å². The van der Waals surface area contributed by atoms with Gasteiger partial charge in [-0.05, 0) is 80.1 Å². The van der Waals surface area contributed by atoms with Gasteiger partial charge in [0.25, 0.3) is 0 Å². The van der Waals surface area contributed by atoms with Crippen molar-refractivity contribution in [2.75, 3.05) is 47.9 Å². The molecule has 1 aliphatic heterocycles. The number of nitrogens with zero attached hydrogens (tertiary/aromatic N) is 3. The van der Waals surface area contributed by atoms with Crippen molar-refractivity contribution in [1.82, 2.24) is 14.1 Å². The molecule has 1 aliphatic rings. The van der Waals surface area contributed by atoms with Gasteiger partial charge in [0.05, 0.1) is 12.0 Å². The maximum Gasteiger partial charge on any atom is 0.243 e. The summed E-state index contributed by atoms with van der Waals surface area (Å²) in [7, 11) is 3.32. The Morgan fingerprint density at radius 2 is 1.74 bits per heavy atom. The average molecular weight is 502 g/mol. The van der Waals surface area contributed by atoms with Crippen LogP contribution < -0.4 is 4.74 Å². The van der Waals surface area contributed by atoms with Crippen LogP contribution in [-0.4, -0.2) is 76.3 Å². The van der Waals surface area contributed by atoms with Gasteiger partial charge in [-0.15, -0.1) is 0 Å². The number of benzene rings is 2. The number of aryl methyl sites for hydroxylation is 3. The minimum atomic E-state index is -3.71. The number of likely N-dealkylation sites (N-methyl/N-ethyl adjacent to an activating group) is 1. The zero-order valence-electron chi connectivity index (χ0n) is 21.9. The lowest BCUT2D eigenvalue weighted by molar-refractivity contribution is -0.130. The van der Waals surface area contributed by atoms with Gasteiger partial charge in [0, 0.05) is 46.7 Å². The molecule has 0 bridgehead atoms. The largest absolute Gasteiger partial charge is 0.497 e. The van der Waals surface area contributed by atoms with Crippen molar-refractivity contribution in [3.8, 4) is 5.75 Å². The van der Waals surface area contributed by atoms with Gasteiger partial charge in [-0.2, -0.15) is 0 Å². The molecule has 0 saturated carbocycles. The summed E-state index contributed by atoms with van der Waals surface area (Å²) in [6.07, 6.45) is 3.03. The number of ether oxygens (including phenoxy) is 1. The fraction of sp³-hybridized carbons (Fsp3) is 0.519. The fourth-order valence-corrected chi connectivity index (χ4v) is 6.28. The highest BCUT2D eigenvalue weighted by Crippen LogP contribution is 2.28.